The van der Waals surface area contributed by atoms with Crippen LogP contribution >= 0.6 is 0 Å². The zero-order valence-corrected chi connectivity index (χ0v) is 13.0. The van der Waals surface area contributed by atoms with E-state index in [2.05, 4.69) is 15.6 Å². The predicted octanol–water partition coefficient (Wildman–Crippen LogP) is 1.69. The fraction of sp³-hybridized carbons (Fsp3) is 0.250. The first kappa shape index (κ1) is 14.4. The van der Waals surface area contributed by atoms with Gasteiger partial charge < -0.3 is 4.52 Å². The largest absolute Gasteiger partial charge is 0.351 e. The highest BCUT2D eigenvalue weighted by atomic mass is 16.5. The van der Waals surface area contributed by atoms with Gasteiger partial charge in [0.2, 0.25) is 11.7 Å². The highest BCUT2D eigenvalue weighted by Crippen LogP contribution is 2.39. The summed E-state index contributed by atoms with van der Waals surface area (Å²) in [6, 6.07) is 10.6. The molecule has 4 rings (SSSR count). The van der Waals surface area contributed by atoms with E-state index in [1.165, 1.54) is 16.3 Å². The van der Waals surface area contributed by atoms with Gasteiger partial charge in [-0.3, -0.25) is 10.1 Å². The van der Waals surface area contributed by atoms with Crippen molar-refractivity contribution in [3.8, 4) is 5.69 Å². The number of hydrogen-bond donors (Lipinski definition) is 1. The Balaban J connectivity index is 1.65. The Morgan fingerprint density at radius 2 is 2.04 bits per heavy atom. The number of hydrogen-bond acceptors (Lipinski definition) is 5. The van der Waals surface area contributed by atoms with E-state index in [9.17, 15) is 9.59 Å². The molecule has 122 valence electrons. The fourth-order valence-corrected chi connectivity index (χ4v) is 2.49. The first-order chi connectivity index (χ1) is 11.6. The minimum absolute atomic E-state index is 0.106. The van der Waals surface area contributed by atoms with Gasteiger partial charge in [0.15, 0.2) is 0 Å². The van der Waals surface area contributed by atoms with Crippen molar-refractivity contribution in [1.29, 1.82) is 0 Å². The zero-order chi connectivity index (χ0) is 16.7. The van der Waals surface area contributed by atoms with Crippen LogP contribution < -0.4 is 11.0 Å². The van der Waals surface area contributed by atoms with Crippen LogP contribution in [0.1, 0.15) is 35.0 Å². The molecule has 1 aliphatic carbocycles. The molecule has 2 heterocycles. The molecule has 1 saturated carbocycles. The van der Waals surface area contributed by atoms with Gasteiger partial charge in [0, 0.05) is 19.0 Å². The lowest BCUT2D eigenvalue weighted by Crippen LogP contribution is -2.23. The molecular weight excluding hydrogens is 310 g/mol. The van der Waals surface area contributed by atoms with Crippen LogP contribution in [0.4, 0.5) is 5.95 Å². The van der Waals surface area contributed by atoms with Crippen molar-refractivity contribution >= 4 is 11.9 Å². The second kappa shape index (κ2) is 5.48. The summed E-state index contributed by atoms with van der Waals surface area (Å²) in [7, 11) is 1.52. The van der Waals surface area contributed by atoms with Crippen molar-refractivity contribution in [2.45, 2.75) is 18.8 Å². The van der Waals surface area contributed by atoms with Crippen molar-refractivity contribution in [1.82, 2.24) is 19.5 Å². The molecule has 1 aromatic carbocycles. The minimum atomic E-state index is -0.489. The molecule has 0 aliphatic heterocycles. The van der Waals surface area contributed by atoms with Gasteiger partial charge in [-0.25, -0.2) is 14.0 Å². The van der Waals surface area contributed by atoms with Crippen LogP contribution in [0, 0.1) is 0 Å². The Morgan fingerprint density at radius 1 is 1.29 bits per heavy atom. The molecule has 1 aliphatic rings. The minimum Gasteiger partial charge on any atom is -0.351 e. The van der Waals surface area contributed by atoms with Gasteiger partial charge >= 0.3 is 5.69 Å². The third kappa shape index (κ3) is 2.51. The number of rotatable bonds is 4. The van der Waals surface area contributed by atoms with E-state index in [0.29, 0.717) is 11.6 Å². The van der Waals surface area contributed by atoms with Gasteiger partial charge in [0.05, 0.1) is 11.4 Å². The van der Waals surface area contributed by atoms with E-state index in [-0.39, 0.29) is 17.4 Å². The number of nitrogens with one attached hydrogen (secondary N) is 1. The third-order valence-electron chi connectivity index (χ3n) is 3.91. The molecule has 2 aromatic heterocycles. The molecule has 1 fully saturated rings. The van der Waals surface area contributed by atoms with Crippen LogP contribution in [0.25, 0.3) is 5.69 Å². The third-order valence-corrected chi connectivity index (χ3v) is 3.91. The second-order valence-corrected chi connectivity index (χ2v) is 5.75. The molecule has 0 bridgehead atoms. The zero-order valence-electron chi connectivity index (χ0n) is 13.0. The lowest BCUT2D eigenvalue weighted by atomic mass is 10.2. The Hall–Kier alpha value is -3.16. The summed E-state index contributed by atoms with van der Waals surface area (Å²) in [5.41, 5.74) is 1.05. The van der Waals surface area contributed by atoms with Crippen LogP contribution in [-0.4, -0.2) is 25.4 Å². The molecule has 0 spiro atoms. The SMILES string of the molecule is Cn1nc(NC(=O)c2cc(C3CC3)no2)n(-c2ccccc2)c1=O. The van der Waals surface area contributed by atoms with Crippen LogP contribution in [0.3, 0.4) is 0 Å². The highest BCUT2D eigenvalue weighted by Gasteiger charge is 2.28. The first-order valence-electron chi connectivity index (χ1n) is 7.63. The Bertz CT molecular complexity index is 950. The number of para-hydroxylation sites is 1. The van der Waals surface area contributed by atoms with Crippen LogP contribution in [0.5, 0.6) is 0 Å². The first-order valence-corrected chi connectivity index (χ1v) is 7.63. The monoisotopic (exact) mass is 325 g/mol. The molecule has 3 aromatic rings. The molecule has 0 saturated heterocycles. The van der Waals surface area contributed by atoms with E-state index in [4.69, 9.17) is 4.52 Å². The highest BCUT2D eigenvalue weighted by molar-refractivity contribution is 6.01. The Morgan fingerprint density at radius 3 is 2.75 bits per heavy atom. The van der Waals surface area contributed by atoms with Gasteiger partial charge in [0.25, 0.3) is 5.91 Å². The maximum Gasteiger partial charge on any atom is 0.351 e. The summed E-state index contributed by atoms with van der Waals surface area (Å²) in [4.78, 5) is 24.7. The number of carbonyl (C=O) groups excluding carboxylic acids is 1. The number of amides is 1. The quantitative estimate of drug-likeness (QED) is 0.787. The van der Waals surface area contributed by atoms with E-state index in [1.54, 1.807) is 30.3 Å². The van der Waals surface area contributed by atoms with Crippen molar-refractivity contribution in [3.05, 3.63) is 58.3 Å². The van der Waals surface area contributed by atoms with E-state index < -0.39 is 5.91 Å². The fourth-order valence-electron chi connectivity index (χ4n) is 2.49. The summed E-state index contributed by atoms with van der Waals surface area (Å²) in [5.74, 6) is 0.141. The summed E-state index contributed by atoms with van der Waals surface area (Å²) in [6.45, 7) is 0. The van der Waals surface area contributed by atoms with E-state index in [1.807, 2.05) is 6.07 Å². The van der Waals surface area contributed by atoms with Gasteiger partial charge in [-0.15, -0.1) is 5.10 Å². The summed E-state index contributed by atoms with van der Waals surface area (Å²) >= 11 is 0. The lowest BCUT2D eigenvalue weighted by Gasteiger charge is -2.05. The Labute approximate surface area is 136 Å². The number of aromatic nitrogens is 4. The van der Waals surface area contributed by atoms with Crippen molar-refractivity contribution in [2.75, 3.05) is 5.32 Å². The normalized spacial score (nSPS) is 13.9. The number of benzene rings is 1. The van der Waals surface area contributed by atoms with Gasteiger partial charge in [-0.05, 0) is 25.0 Å². The number of anilines is 1. The smallest absolute Gasteiger partial charge is 0.351 e. The van der Waals surface area contributed by atoms with E-state index in [0.717, 1.165) is 18.5 Å². The summed E-state index contributed by atoms with van der Waals surface area (Å²) in [5, 5.41) is 10.6. The van der Waals surface area contributed by atoms with Crippen LogP contribution in [0.15, 0.2) is 45.7 Å². The maximum absolute atomic E-state index is 12.4. The van der Waals surface area contributed by atoms with Crippen molar-refractivity contribution in [3.63, 3.8) is 0 Å². The van der Waals surface area contributed by atoms with E-state index >= 15 is 0 Å². The average molecular weight is 325 g/mol. The van der Waals surface area contributed by atoms with Gasteiger partial charge in [-0.1, -0.05) is 23.4 Å². The average Bonchev–Trinajstić information content (AvgIpc) is 3.25. The number of carbonyl (C=O) groups is 1. The van der Waals surface area contributed by atoms with Crippen LogP contribution in [0.2, 0.25) is 0 Å². The van der Waals surface area contributed by atoms with Gasteiger partial charge in [-0.2, -0.15) is 0 Å². The standard InChI is InChI=1S/C16H15N5O3/c1-20-16(23)21(11-5-3-2-4-6-11)15(18-20)17-14(22)13-9-12(19-24-13)10-7-8-10/h2-6,9-10H,7-8H2,1H3,(H,17,18,22). The summed E-state index contributed by atoms with van der Waals surface area (Å²) < 4.78 is 7.59. The lowest BCUT2D eigenvalue weighted by molar-refractivity contribution is 0.0986. The second-order valence-electron chi connectivity index (χ2n) is 5.75. The molecule has 8 heteroatoms. The number of aryl methyl sites for hydroxylation is 1. The molecule has 0 atom stereocenters. The molecule has 0 unspecified atom stereocenters. The topological polar surface area (TPSA) is 94.9 Å². The molecule has 0 radical (unpaired) electrons. The maximum atomic E-state index is 12.4. The molecule has 24 heavy (non-hydrogen) atoms. The molecule has 1 amide bonds. The van der Waals surface area contributed by atoms with Gasteiger partial charge in [0.1, 0.15) is 0 Å². The molecule has 1 N–H and O–H groups in total. The van der Waals surface area contributed by atoms with Crippen molar-refractivity contribution < 1.29 is 9.32 Å². The summed E-state index contributed by atoms with van der Waals surface area (Å²) in [6.07, 6.45) is 2.14. The molecule has 8 nitrogen and oxygen atoms in total. The van der Waals surface area contributed by atoms with Crippen molar-refractivity contribution in [2.24, 2.45) is 7.05 Å². The number of nitrogens with zero attached hydrogens (tertiary/aromatic N) is 4. The molecular formula is C16H15N5O3. The predicted molar refractivity (Wildman–Crippen MR) is 85.2 cm³/mol. The van der Waals surface area contributed by atoms with Crippen LogP contribution in [-0.2, 0) is 7.05 Å². The Kier molecular flexibility index (Phi) is 3.30.